The van der Waals surface area contributed by atoms with Crippen LogP contribution in [0, 0.1) is 12.7 Å². The summed E-state index contributed by atoms with van der Waals surface area (Å²) in [4.78, 5) is 26.7. The highest BCUT2D eigenvalue weighted by molar-refractivity contribution is 5.76. The molecule has 166 valence electrons. The number of amides is 1. The Bertz CT molecular complexity index is 946. The molecule has 1 aromatic heterocycles. The molecular formula is C24H32FN5O. The second kappa shape index (κ2) is 9.30. The van der Waals surface area contributed by atoms with Gasteiger partial charge < -0.3 is 15.1 Å². The lowest BCUT2D eigenvalue weighted by Crippen LogP contribution is -2.30. The fourth-order valence-corrected chi connectivity index (χ4v) is 4.62. The minimum atomic E-state index is -0.180. The summed E-state index contributed by atoms with van der Waals surface area (Å²) >= 11 is 0. The van der Waals surface area contributed by atoms with Crippen LogP contribution >= 0.6 is 0 Å². The summed E-state index contributed by atoms with van der Waals surface area (Å²) in [6.07, 6.45) is 3.93. The number of carbonyl (C=O) groups is 1. The van der Waals surface area contributed by atoms with Crippen molar-refractivity contribution >= 4 is 11.7 Å². The molecule has 1 atom stereocenters. The summed E-state index contributed by atoms with van der Waals surface area (Å²) in [5, 5.41) is 3.24. The number of aryl methyl sites for hydroxylation is 2. The monoisotopic (exact) mass is 425 g/mol. The molecule has 2 aliphatic rings. The highest BCUT2D eigenvalue weighted by Gasteiger charge is 2.30. The second-order valence-electron chi connectivity index (χ2n) is 8.86. The summed E-state index contributed by atoms with van der Waals surface area (Å²) in [5.41, 5.74) is 4.08. The van der Waals surface area contributed by atoms with Crippen molar-refractivity contribution in [2.45, 2.75) is 51.5 Å². The second-order valence-corrected chi connectivity index (χ2v) is 8.86. The van der Waals surface area contributed by atoms with E-state index >= 15 is 0 Å². The molecule has 0 bridgehead atoms. The minimum absolute atomic E-state index is 0.180. The molecule has 1 saturated heterocycles. The van der Waals surface area contributed by atoms with Crippen LogP contribution in [0.25, 0.3) is 0 Å². The zero-order valence-electron chi connectivity index (χ0n) is 18.7. The number of hydrogen-bond donors (Lipinski definition) is 1. The predicted octanol–water partition coefficient (Wildman–Crippen LogP) is 3.29. The summed E-state index contributed by atoms with van der Waals surface area (Å²) < 4.78 is 13.4. The Morgan fingerprint density at radius 1 is 1.29 bits per heavy atom. The molecule has 1 fully saturated rings. The van der Waals surface area contributed by atoms with Crippen molar-refractivity contribution < 1.29 is 9.18 Å². The highest BCUT2D eigenvalue weighted by atomic mass is 19.1. The maximum Gasteiger partial charge on any atom is 0.222 e. The maximum atomic E-state index is 13.4. The van der Waals surface area contributed by atoms with Crippen LogP contribution in [0.4, 0.5) is 10.2 Å². The first-order chi connectivity index (χ1) is 14.9. The van der Waals surface area contributed by atoms with Crippen molar-refractivity contribution in [2.24, 2.45) is 0 Å². The molecule has 31 heavy (non-hydrogen) atoms. The van der Waals surface area contributed by atoms with Crippen LogP contribution in [0.3, 0.4) is 0 Å². The predicted molar refractivity (Wildman–Crippen MR) is 120 cm³/mol. The molecule has 6 nitrogen and oxygen atoms in total. The number of aromatic nitrogens is 2. The number of benzene rings is 1. The Balaban J connectivity index is 1.34. The van der Waals surface area contributed by atoms with Gasteiger partial charge in [0.25, 0.3) is 0 Å². The normalized spacial score (nSPS) is 18.8. The van der Waals surface area contributed by atoms with E-state index in [-0.39, 0.29) is 17.6 Å². The molecule has 0 saturated carbocycles. The number of nitrogens with zero attached hydrogens (tertiary/aromatic N) is 4. The van der Waals surface area contributed by atoms with Crippen molar-refractivity contribution in [2.75, 3.05) is 39.0 Å². The first-order valence-corrected chi connectivity index (χ1v) is 11.2. The minimum Gasteiger partial charge on any atom is -0.373 e. The number of carbonyl (C=O) groups excluding carboxylic acids is 1. The summed E-state index contributed by atoms with van der Waals surface area (Å²) in [7, 11) is 4.03. The molecule has 1 amide bonds. The number of halogens is 1. The molecule has 0 aliphatic carbocycles. The van der Waals surface area contributed by atoms with Gasteiger partial charge in [-0.05, 0) is 50.4 Å². The number of hydrogen-bond acceptors (Lipinski definition) is 5. The van der Waals surface area contributed by atoms with Crippen molar-refractivity contribution in [1.29, 1.82) is 0 Å². The molecule has 0 unspecified atom stereocenters. The number of likely N-dealkylation sites (tertiary alicyclic amines) is 1. The fourth-order valence-electron chi connectivity index (χ4n) is 4.62. The largest absolute Gasteiger partial charge is 0.373 e. The van der Waals surface area contributed by atoms with Gasteiger partial charge in [-0.25, -0.2) is 14.4 Å². The average molecular weight is 426 g/mol. The van der Waals surface area contributed by atoms with E-state index in [2.05, 4.69) is 17.3 Å². The SMILES string of the molecule is CNc1nc([C@@H]2CCN(C(=O)CCCc3ccc(F)c(C)c3)C2)nc2c1CN(C)CC2. The van der Waals surface area contributed by atoms with Crippen LogP contribution in [0.15, 0.2) is 18.2 Å². The third-order valence-corrected chi connectivity index (χ3v) is 6.49. The van der Waals surface area contributed by atoms with E-state index in [0.29, 0.717) is 18.5 Å². The summed E-state index contributed by atoms with van der Waals surface area (Å²) in [6.45, 7) is 5.10. The summed E-state index contributed by atoms with van der Waals surface area (Å²) in [6, 6.07) is 5.19. The van der Waals surface area contributed by atoms with Crippen molar-refractivity contribution in [1.82, 2.24) is 19.8 Å². The van der Waals surface area contributed by atoms with Crippen molar-refractivity contribution in [3.8, 4) is 0 Å². The van der Waals surface area contributed by atoms with E-state index in [4.69, 9.17) is 9.97 Å². The fraction of sp³-hybridized carbons (Fsp3) is 0.542. The van der Waals surface area contributed by atoms with Crippen LogP contribution in [-0.2, 0) is 24.2 Å². The summed E-state index contributed by atoms with van der Waals surface area (Å²) in [5.74, 6) is 1.99. The van der Waals surface area contributed by atoms with E-state index in [9.17, 15) is 9.18 Å². The zero-order valence-corrected chi connectivity index (χ0v) is 18.7. The molecule has 3 heterocycles. The topological polar surface area (TPSA) is 61.4 Å². The van der Waals surface area contributed by atoms with Crippen LogP contribution in [0.1, 0.15) is 53.4 Å². The smallest absolute Gasteiger partial charge is 0.222 e. The number of nitrogens with one attached hydrogen (secondary N) is 1. The Kier molecular flexibility index (Phi) is 6.51. The third kappa shape index (κ3) is 4.87. The molecular weight excluding hydrogens is 393 g/mol. The number of likely N-dealkylation sites (N-methyl/N-ethyl adjacent to an activating group) is 1. The lowest BCUT2D eigenvalue weighted by molar-refractivity contribution is -0.130. The molecule has 7 heteroatoms. The van der Waals surface area contributed by atoms with Crippen molar-refractivity contribution in [3.05, 3.63) is 52.2 Å². The number of anilines is 1. The van der Waals surface area contributed by atoms with Gasteiger partial charge in [-0.15, -0.1) is 0 Å². The third-order valence-electron chi connectivity index (χ3n) is 6.49. The van der Waals surface area contributed by atoms with Gasteiger partial charge in [-0.3, -0.25) is 4.79 Å². The van der Waals surface area contributed by atoms with Crippen molar-refractivity contribution in [3.63, 3.8) is 0 Å². The van der Waals surface area contributed by atoms with Gasteiger partial charge in [0, 0.05) is 57.5 Å². The Labute approximate surface area is 183 Å². The van der Waals surface area contributed by atoms with E-state index < -0.39 is 0 Å². The van der Waals surface area contributed by atoms with Gasteiger partial charge in [0.2, 0.25) is 5.91 Å². The van der Waals surface area contributed by atoms with Crippen LogP contribution in [0.5, 0.6) is 0 Å². The van der Waals surface area contributed by atoms with Crippen LogP contribution in [0.2, 0.25) is 0 Å². The zero-order chi connectivity index (χ0) is 22.0. The Morgan fingerprint density at radius 3 is 2.90 bits per heavy atom. The molecule has 0 radical (unpaired) electrons. The highest BCUT2D eigenvalue weighted by Crippen LogP contribution is 2.30. The van der Waals surface area contributed by atoms with Gasteiger partial charge in [0.1, 0.15) is 17.5 Å². The molecule has 4 rings (SSSR count). The van der Waals surface area contributed by atoms with E-state index in [1.165, 1.54) is 11.6 Å². The standard InChI is InChI=1S/C24H32FN5O/c1-16-13-17(7-8-20(16)25)5-4-6-22(31)30-12-9-18(14-30)23-27-21-10-11-29(3)15-19(21)24(26-2)28-23/h7-8,13,18H,4-6,9-12,14-15H2,1-3H3,(H,26,27,28)/t18-/m1/s1. The van der Waals surface area contributed by atoms with E-state index in [1.807, 2.05) is 24.1 Å². The molecule has 2 aromatic rings. The molecule has 0 spiro atoms. The number of fused-ring (bicyclic) bond motifs is 1. The number of rotatable bonds is 6. The van der Waals surface area contributed by atoms with Crippen LogP contribution in [-0.4, -0.2) is 59.4 Å². The molecule has 1 aromatic carbocycles. The quantitative estimate of drug-likeness (QED) is 0.770. The van der Waals surface area contributed by atoms with Gasteiger partial charge in [0.05, 0.1) is 5.69 Å². The van der Waals surface area contributed by atoms with Gasteiger partial charge in [0.15, 0.2) is 0 Å². The van der Waals surface area contributed by atoms with Gasteiger partial charge in [-0.1, -0.05) is 12.1 Å². The molecule has 2 aliphatic heterocycles. The average Bonchev–Trinajstić information content (AvgIpc) is 3.26. The maximum absolute atomic E-state index is 13.4. The lowest BCUT2D eigenvalue weighted by atomic mass is 10.0. The lowest BCUT2D eigenvalue weighted by Gasteiger charge is -2.26. The first kappa shape index (κ1) is 21.7. The first-order valence-electron chi connectivity index (χ1n) is 11.2. The Hall–Kier alpha value is -2.54. The van der Waals surface area contributed by atoms with Crippen LogP contribution < -0.4 is 5.32 Å². The Morgan fingerprint density at radius 2 is 2.13 bits per heavy atom. The van der Waals surface area contributed by atoms with E-state index in [1.54, 1.807) is 6.92 Å². The van der Waals surface area contributed by atoms with Gasteiger partial charge >= 0.3 is 0 Å². The molecule has 1 N–H and O–H groups in total. The van der Waals surface area contributed by atoms with Gasteiger partial charge in [-0.2, -0.15) is 0 Å². The van der Waals surface area contributed by atoms with E-state index in [0.717, 1.165) is 68.2 Å².